The molecule has 1 saturated heterocycles. The molecular weight excluding hydrogens is 634 g/mol. The second kappa shape index (κ2) is 12.5. The summed E-state index contributed by atoms with van der Waals surface area (Å²) in [4.78, 5) is 36.2. The van der Waals surface area contributed by atoms with Crippen LogP contribution in [-0.2, 0) is 9.53 Å². The molecule has 246 valence electrons. The molecule has 0 spiro atoms. The molecule has 4 aromatic rings. The van der Waals surface area contributed by atoms with Crippen LogP contribution >= 0.6 is 11.6 Å². The van der Waals surface area contributed by atoms with Crippen molar-refractivity contribution in [2.24, 2.45) is 5.92 Å². The number of hydrogen-bond donors (Lipinski definition) is 4. The van der Waals surface area contributed by atoms with E-state index >= 15 is 0 Å². The SMILES string of the molecule is CN(C(=O)n1ccc2cnc(-c3cnn([C@H](CC#N)C4CCCC4)c3)nc21)c1ccc(OC2(C(=O)O)OCC(O)C(O)(Cl)C2O)cc1. The highest BCUT2D eigenvalue weighted by Gasteiger charge is 2.64. The summed E-state index contributed by atoms with van der Waals surface area (Å²) < 4.78 is 13.8. The molecule has 4 unspecified atom stereocenters. The van der Waals surface area contributed by atoms with Crippen molar-refractivity contribution in [1.29, 1.82) is 5.26 Å². The van der Waals surface area contributed by atoms with Gasteiger partial charge in [-0.25, -0.2) is 19.6 Å². The molecule has 1 aromatic carbocycles. The molecule has 1 aliphatic heterocycles. The molecule has 2 fully saturated rings. The zero-order valence-corrected chi connectivity index (χ0v) is 25.9. The third kappa shape index (κ3) is 5.79. The molecule has 0 radical (unpaired) electrons. The number of nitriles is 1. The molecule has 6 rings (SSSR count). The van der Waals surface area contributed by atoms with Crippen LogP contribution in [0.3, 0.4) is 0 Å². The second-order valence-electron chi connectivity index (χ2n) is 11.7. The number of amides is 1. The highest BCUT2D eigenvalue weighted by molar-refractivity contribution is 6.24. The first-order valence-corrected chi connectivity index (χ1v) is 15.3. The average Bonchev–Trinajstić information content (AvgIpc) is 3.85. The number of ether oxygens (including phenoxy) is 2. The Morgan fingerprint density at radius 1 is 1.21 bits per heavy atom. The van der Waals surface area contributed by atoms with Crippen molar-refractivity contribution in [3.8, 4) is 23.2 Å². The number of carboxylic acids is 1. The maximum Gasteiger partial charge on any atom is 0.380 e. The standard InChI is InChI=1S/C31H32ClN7O8/c1-37(21-6-8-22(9-7-21)47-31(28(42)43)27(41)30(32,45)24(40)17-46-31)29(44)38-13-11-19-14-34-25(36-26(19)38)20-15-35-39(16-20)23(10-12-33)18-4-2-3-5-18/h6-9,11,13-16,18,23-24,27,40-41,45H,2-5,10,17H2,1H3,(H,42,43)/t23-,24?,27?,30?,31?/m1/s1. The lowest BCUT2D eigenvalue weighted by Gasteiger charge is -2.45. The third-order valence-corrected chi connectivity index (χ3v) is 9.28. The number of hydrogen-bond acceptors (Lipinski definition) is 11. The molecule has 1 saturated carbocycles. The molecule has 0 bridgehead atoms. The summed E-state index contributed by atoms with van der Waals surface area (Å²) in [5, 5.41) is 52.2. The monoisotopic (exact) mass is 665 g/mol. The van der Waals surface area contributed by atoms with Gasteiger partial charge in [0.1, 0.15) is 11.9 Å². The first kappa shape index (κ1) is 32.4. The van der Waals surface area contributed by atoms with Crippen molar-refractivity contribution < 1.29 is 39.5 Å². The smallest absolute Gasteiger partial charge is 0.380 e. The number of carbonyl (C=O) groups is 2. The normalized spacial score (nSPS) is 25.4. The zero-order chi connectivity index (χ0) is 33.5. The number of nitrogens with zero attached hydrogens (tertiary/aromatic N) is 7. The molecule has 2 aliphatic rings. The van der Waals surface area contributed by atoms with E-state index in [0.717, 1.165) is 25.7 Å². The predicted octanol–water partition coefficient (Wildman–Crippen LogP) is 2.88. The first-order valence-electron chi connectivity index (χ1n) is 14.9. The van der Waals surface area contributed by atoms with Gasteiger partial charge in [-0.1, -0.05) is 24.4 Å². The number of aliphatic carboxylic acids is 1. The van der Waals surface area contributed by atoms with Crippen molar-refractivity contribution in [3.63, 3.8) is 0 Å². The zero-order valence-electron chi connectivity index (χ0n) is 25.2. The molecule has 3 aromatic heterocycles. The Hall–Kier alpha value is -4.59. The number of alkyl halides is 1. The van der Waals surface area contributed by atoms with Crippen LogP contribution in [0, 0.1) is 17.2 Å². The Bertz CT molecular complexity index is 1830. The lowest BCUT2D eigenvalue weighted by atomic mass is 9.96. The van der Waals surface area contributed by atoms with E-state index in [4.69, 9.17) is 21.1 Å². The minimum absolute atomic E-state index is 0.0257. The van der Waals surface area contributed by atoms with E-state index in [-0.39, 0.29) is 11.8 Å². The maximum atomic E-state index is 13.6. The number of benzene rings is 1. The van der Waals surface area contributed by atoms with Gasteiger partial charge >= 0.3 is 17.8 Å². The fourth-order valence-corrected chi connectivity index (χ4v) is 6.30. The fourth-order valence-electron chi connectivity index (χ4n) is 6.10. The van der Waals surface area contributed by atoms with Crippen LogP contribution in [-0.4, -0.2) is 93.5 Å². The molecule has 15 nitrogen and oxygen atoms in total. The largest absolute Gasteiger partial charge is 0.476 e. The van der Waals surface area contributed by atoms with Gasteiger partial charge in [0.25, 0.3) is 0 Å². The number of carboxylic acid groups (broad SMARTS) is 1. The van der Waals surface area contributed by atoms with Crippen LogP contribution in [0.4, 0.5) is 10.5 Å². The summed E-state index contributed by atoms with van der Waals surface area (Å²) in [6.07, 6.45) is 7.34. The van der Waals surface area contributed by atoms with Crippen LogP contribution in [0.25, 0.3) is 22.4 Å². The molecule has 47 heavy (non-hydrogen) atoms. The fraction of sp³-hybridized carbons (Fsp3) is 0.419. The van der Waals surface area contributed by atoms with Crippen molar-refractivity contribution in [2.75, 3.05) is 18.6 Å². The number of aromatic nitrogens is 5. The minimum atomic E-state index is -2.82. The van der Waals surface area contributed by atoms with Gasteiger partial charge in [-0.15, -0.1) is 0 Å². The lowest BCUT2D eigenvalue weighted by molar-refractivity contribution is -0.310. The van der Waals surface area contributed by atoms with E-state index < -0.39 is 41.7 Å². The van der Waals surface area contributed by atoms with Gasteiger partial charge in [-0.3, -0.25) is 14.1 Å². The molecule has 4 heterocycles. The number of aliphatic hydroxyl groups is 3. The van der Waals surface area contributed by atoms with Crippen molar-refractivity contribution in [3.05, 3.63) is 55.1 Å². The van der Waals surface area contributed by atoms with E-state index in [1.165, 1.54) is 40.8 Å². The third-order valence-electron chi connectivity index (χ3n) is 8.82. The Morgan fingerprint density at radius 3 is 2.62 bits per heavy atom. The van der Waals surface area contributed by atoms with Gasteiger partial charge in [0.2, 0.25) is 0 Å². The Balaban J connectivity index is 1.21. The van der Waals surface area contributed by atoms with Gasteiger partial charge in [-0.05, 0) is 49.1 Å². The summed E-state index contributed by atoms with van der Waals surface area (Å²) in [5.74, 6) is -3.92. The van der Waals surface area contributed by atoms with Crippen molar-refractivity contribution in [2.45, 2.75) is 61.2 Å². The number of carbonyl (C=O) groups excluding carboxylic acids is 1. The number of rotatable bonds is 8. The summed E-state index contributed by atoms with van der Waals surface area (Å²) >= 11 is 5.82. The summed E-state index contributed by atoms with van der Waals surface area (Å²) in [6.45, 7) is -0.723. The van der Waals surface area contributed by atoms with Gasteiger partial charge in [0.15, 0.2) is 22.6 Å². The van der Waals surface area contributed by atoms with E-state index in [9.17, 15) is 35.3 Å². The predicted molar refractivity (Wildman–Crippen MR) is 165 cm³/mol. The number of aliphatic hydroxyl groups excluding tert-OH is 2. The topological polar surface area (TPSA) is 209 Å². The molecule has 1 amide bonds. The van der Waals surface area contributed by atoms with Gasteiger partial charge < -0.3 is 29.9 Å². The summed E-state index contributed by atoms with van der Waals surface area (Å²) in [5.41, 5.74) is 1.42. The quantitative estimate of drug-likeness (QED) is 0.200. The molecular formula is C31H32ClN7O8. The first-order chi connectivity index (χ1) is 22.5. The Kier molecular flexibility index (Phi) is 8.64. The van der Waals surface area contributed by atoms with E-state index in [1.807, 2.05) is 10.9 Å². The second-order valence-corrected chi connectivity index (χ2v) is 12.3. The number of fused-ring (bicyclic) bond motifs is 1. The van der Waals surface area contributed by atoms with Crippen LogP contribution in [0.15, 0.2) is 55.1 Å². The minimum Gasteiger partial charge on any atom is -0.476 e. The molecule has 5 atom stereocenters. The Labute approximate surface area is 273 Å². The van der Waals surface area contributed by atoms with Gasteiger partial charge in [0.05, 0.1) is 36.9 Å². The van der Waals surface area contributed by atoms with Crippen LogP contribution in [0.1, 0.15) is 38.1 Å². The lowest BCUT2D eigenvalue weighted by Crippen LogP contribution is -2.71. The van der Waals surface area contributed by atoms with Crippen molar-refractivity contribution >= 4 is 40.3 Å². The number of halogens is 1. The maximum absolute atomic E-state index is 13.6. The van der Waals surface area contributed by atoms with Crippen molar-refractivity contribution in [1.82, 2.24) is 24.3 Å². The van der Waals surface area contributed by atoms with Gasteiger partial charge in [-0.2, -0.15) is 10.4 Å². The highest BCUT2D eigenvalue weighted by atomic mass is 35.5. The highest BCUT2D eigenvalue weighted by Crippen LogP contribution is 2.39. The Morgan fingerprint density at radius 2 is 1.94 bits per heavy atom. The molecule has 16 heteroatoms. The van der Waals surface area contributed by atoms with Crippen LogP contribution < -0.4 is 9.64 Å². The van der Waals surface area contributed by atoms with Crippen LogP contribution in [0.2, 0.25) is 0 Å². The van der Waals surface area contributed by atoms with E-state index in [2.05, 4.69) is 21.1 Å². The molecule has 4 N–H and O–H groups in total. The van der Waals surface area contributed by atoms with Crippen LogP contribution in [0.5, 0.6) is 5.75 Å². The van der Waals surface area contributed by atoms with E-state index in [0.29, 0.717) is 40.4 Å². The number of anilines is 1. The average molecular weight is 666 g/mol. The summed E-state index contributed by atoms with van der Waals surface area (Å²) in [7, 11) is 1.54. The molecule has 1 aliphatic carbocycles. The summed E-state index contributed by atoms with van der Waals surface area (Å²) in [6, 6.07) is 9.15. The van der Waals surface area contributed by atoms with E-state index in [1.54, 1.807) is 24.7 Å². The van der Waals surface area contributed by atoms with Gasteiger partial charge in [0, 0.05) is 36.7 Å².